The zero-order valence-corrected chi connectivity index (χ0v) is 17.4. The number of sulfonamides is 1. The first-order chi connectivity index (χ1) is 12.2. The Morgan fingerprint density at radius 2 is 1.77 bits per heavy atom. The number of anilines is 1. The Labute approximate surface area is 162 Å². The van der Waals surface area contributed by atoms with Gasteiger partial charge in [-0.3, -0.25) is 9.10 Å². The number of aryl methyl sites for hydroxylation is 1. The smallest absolute Gasteiger partial charge is 0.243 e. The lowest BCUT2D eigenvalue weighted by Gasteiger charge is -2.30. The monoisotopic (exact) mass is 400 g/mol. The molecule has 1 saturated carbocycles. The maximum absolute atomic E-state index is 12.8. The van der Waals surface area contributed by atoms with Crippen LogP contribution in [0.15, 0.2) is 18.2 Å². The van der Waals surface area contributed by atoms with Gasteiger partial charge in [-0.15, -0.1) is 0 Å². The van der Waals surface area contributed by atoms with E-state index in [4.69, 9.17) is 11.6 Å². The van der Waals surface area contributed by atoms with E-state index in [1.807, 2.05) is 6.92 Å². The average molecular weight is 401 g/mol. The summed E-state index contributed by atoms with van der Waals surface area (Å²) in [7, 11) is -3.63. The third-order valence-electron chi connectivity index (χ3n) is 4.95. The second-order valence-electron chi connectivity index (χ2n) is 7.22. The predicted molar refractivity (Wildman–Crippen MR) is 107 cm³/mol. The van der Waals surface area contributed by atoms with Crippen LogP contribution in [-0.2, 0) is 14.8 Å². The minimum atomic E-state index is -3.63. The van der Waals surface area contributed by atoms with Crippen LogP contribution in [0.5, 0.6) is 0 Å². The molecule has 26 heavy (non-hydrogen) atoms. The van der Waals surface area contributed by atoms with E-state index in [1.165, 1.54) is 19.3 Å². The van der Waals surface area contributed by atoms with Gasteiger partial charge < -0.3 is 5.32 Å². The van der Waals surface area contributed by atoms with Crippen LogP contribution in [0.3, 0.4) is 0 Å². The summed E-state index contributed by atoms with van der Waals surface area (Å²) in [6.45, 7) is 3.47. The first-order valence-corrected chi connectivity index (χ1v) is 11.5. The van der Waals surface area contributed by atoms with Gasteiger partial charge in [-0.25, -0.2) is 8.42 Å². The van der Waals surface area contributed by atoms with E-state index in [2.05, 4.69) is 5.32 Å². The summed E-state index contributed by atoms with van der Waals surface area (Å²) in [5.41, 5.74) is 1.26. The Balaban J connectivity index is 2.18. The third-order valence-corrected chi connectivity index (χ3v) is 6.60. The highest BCUT2D eigenvalue weighted by molar-refractivity contribution is 7.92. The molecular formula is C19H29ClN2O3S. The average Bonchev–Trinajstić information content (AvgIpc) is 2.52. The summed E-state index contributed by atoms with van der Waals surface area (Å²) < 4.78 is 25.9. The molecule has 1 aliphatic rings. The van der Waals surface area contributed by atoms with Crippen LogP contribution in [0.1, 0.15) is 57.4 Å². The molecule has 1 fully saturated rings. The zero-order valence-electron chi connectivity index (χ0n) is 15.8. The number of rotatable bonds is 5. The van der Waals surface area contributed by atoms with Crippen LogP contribution >= 0.6 is 11.6 Å². The van der Waals surface area contributed by atoms with Crippen molar-refractivity contribution in [3.8, 4) is 0 Å². The third kappa shape index (κ3) is 5.61. The van der Waals surface area contributed by atoms with Crippen LogP contribution < -0.4 is 9.62 Å². The van der Waals surface area contributed by atoms with Crippen molar-refractivity contribution in [2.45, 2.75) is 70.9 Å². The summed E-state index contributed by atoms with van der Waals surface area (Å²) in [6, 6.07) is 4.32. The molecule has 0 bridgehead atoms. The van der Waals surface area contributed by atoms with Crippen LogP contribution in [0.25, 0.3) is 0 Å². The number of halogens is 1. The lowest BCUT2D eigenvalue weighted by molar-refractivity contribution is -0.122. The molecule has 1 atom stereocenters. The molecule has 2 rings (SSSR count). The molecule has 5 nitrogen and oxygen atoms in total. The quantitative estimate of drug-likeness (QED) is 0.811. The number of benzene rings is 1. The largest absolute Gasteiger partial charge is 0.352 e. The van der Waals surface area contributed by atoms with Crippen LogP contribution in [0.4, 0.5) is 5.69 Å². The van der Waals surface area contributed by atoms with Gasteiger partial charge in [-0.1, -0.05) is 49.8 Å². The van der Waals surface area contributed by atoms with Gasteiger partial charge in [0.05, 0.1) is 11.9 Å². The summed E-state index contributed by atoms with van der Waals surface area (Å²) in [5, 5.41) is 3.53. The van der Waals surface area contributed by atoms with E-state index in [0.717, 1.165) is 41.8 Å². The predicted octanol–water partition coefficient (Wildman–Crippen LogP) is 4.03. The van der Waals surface area contributed by atoms with Gasteiger partial charge >= 0.3 is 0 Å². The summed E-state index contributed by atoms with van der Waals surface area (Å²) >= 11 is 6.16. The van der Waals surface area contributed by atoms with Crippen molar-refractivity contribution >= 4 is 33.2 Å². The Bertz CT molecular complexity index is 728. The molecule has 7 heteroatoms. The van der Waals surface area contributed by atoms with Crippen LogP contribution in [0, 0.1) is 6.92 Å². The number of hydrogen-bond acceptors (Lipinski definition) is 3. The van der Waals surface area contributed by atoms with E-state index in [1.54, 1.807) is 25.1 Å². The topological polar surface area (TPSA) is 66.5 Å². The summed E-state index contributed by atoms with van der Waals surface area (Å²) in [4.78, 5) is 12.8. The number of nitrogens with zero attached hydrogens (tertiary/aromatic N) is 1. The van der Waals surface area contributed by atoms with Crippen molar-refractivity contribution in [3.05, 3.63) is 28.8 Å². The van der Waals surface area contributed by atoms with Crippen molar-refractivity contribution < 1.29 is 13.2 Å². The molecular weight excluding hydrogens is 372 g/mol. The molecule has 146 valence electrons. The molecule has 1 N–H and O–H groups in total. The Morgan fingerprint density at radius 1 is 1.19 bits per heavy atom. The second-order valence-corrected chi connectivity index (χ2v) is 9.49. The van der Waals surface area contributed by atoms with E-state index in [-0.39, 0.29) is 11.9 Å². The van der Waals surface area contributed by atoms with Crippen molar-refractivity contribution in [1.82, 2.24) is 5.32 Å². The zero-order chi connectivity index (χ0) is 19.3. The number of carbonyl (C=O) groups excluding carboxylic acids is 1. The molecule has 1 amide bonds. The van der Waals surface area contributed by atoms with E-state index < -0.39 is 16.1 Å². The SMILES string of the molecule is Cc1ccc(N([C@H](C)C(=O)NC2CCCCCCC2)S(C)(=O)=O)cc1Cl. The Kier molecular flexibility index (Phi) is 7.35. The van der Waals surface area contributed by atoms with Gasteiger partial charge in [-0.2, -0.15) is 0 Å². The minimum Gasteiger partial charge on any atom is -0.352 e. The minimum absolute atomic E-state index is 0.119. The fraction of sp³-hybridized carbons (Fsp3) is 0.632. The highest BCUT2D eigenvalue weighted by Gasteiger charge is 2.30. The van der Waals surface area contributed by atoms with Gasteiger partial charge in [0, 0.05) is 11.1 Å². The summed E-state index contributed by atoms with van der Waals surface area (Å²) in [6.07, 6.45) is 8.86. The van der Waals surface area contributed by atoms with Gasteiger partial charge in [0.25, 0.3) is 0 Å². The van der Waals surface area contributed by atoms with Crippen molar-refractivity contribution in [2.75, 3.05) is 10.6 Å². The molecule has 0 aliphatic heterocycles. The standard InChI is InChI=1S/C19H29ClN2O3S/c1-14-11-12-17(13-18(14)20)22(26(3,24)25)15(2)19(23)21-16-9-7-5-4-6-8-10-16/h11-13,15-16H,4-10H2,1-3H3,(H,21,23)/t15-/m1/s1. The first kappa shape index (κ1) is 21.0. The molecule has 0 spiro atoms. The van der Waals surface area contributed by atoms with Gasteiger partial charge in [0.1, 0.15) is 6.04 Å². The lowest BCUT2D eigenvalue weighted by atomic mass is 9.96. The highest BCUT2D eigenvalue weighted by atomic mass is 35.5. The Hall–Kier alpha value is -1.27. The lowest BCUT2D eigenvalue weighted by Crippen LogP contribution is -2.50. The highest BCUT2D eigenvalue weighted by Crippen LogP contribution is 2.27. The fourth-order valence-electron chi connectivity index (χ4n) is 3.45. The van der Waals surface area contributed by atoms with Crippen molar-refractivity contribution in [2.24, 2.45) is 0 Å². The second kappa shape index (κ2) is 9.09. The van der Waals surface area contributed by atoms with Crippen molar-refractivity contribution in [3.63, 3.8) is 0 Å². The molecule has 1 aromatic rings. The Morgan fingerprint density at radius 3 is 2.31 bits per heavy atom. The number of nitrogens with one attached hydrogen (secondary N) is 1. The normalized spacial score (nSPS) is 17.8. The molecule has 1 aromatic carbocycles. The van der Waals surface area contributed by atoms with Gasteiger partial charge in [0.2, 0.25) is 15.9 Å². The van der Waals surface area contributed by atoms with Crippen LogP contribution in [0.2, 0.25) is 5.02 Å². The molecule has 0 aromatic heterocycles. The first-order valence-electron chi connectivity index (χ1n) is 9.26. The number of hydrogen-bond donors (Lipinski definition) is 1. The van der Waals surface area contributed by atoms with E-state index in [0.29, 0.717) is 10.7 Å². The number of amides is 1. The molecule has 1 aliphatic carbocycles. The van der Waals surface area contributed by atoms with Gasteiger partial charge in [0.15, 0.2) is 0 Å². The summed E-state index contributed by atoms with van der Waals surface area (Å²) in [5.74, 6) is -0.266. The van der Waals surface area contributed by atoms with Crippen molar-refractivity contribution in [1.29, 1.82) is 0 Å². The molecule has 0 heterocycles. The maximum Gasteiger partial charge on any atom is 0.243 e. The number of carbonyl (C=O) groups is 1. The fourth-order valence-corrected chi connectivity index (χ4v) is 4.79. The molecule has 0 radical (unpaired) electrons. The van der Waals surface area contributed by atoms with Crippen LogP contribution in [-0.4, -0.2) is 32.7 Å². The molecule has 0 unspecified atom stereocenters. The van der Waals surface area contributed by atoms with E-state index >= 15 is 0 Å². The van der Waals surface area contributed by atoms with E-state index in [9.17, 15) is 13.2 Å². The molecule has 0 saturated heterocycles. The maximum atomic E-state index is 12.8. The van der Waals surface area contributed by atoms with Gasteiger partial charge in [-0.05, 0) is 44.4 Å².